The number of sulfone groups is 1. The summed E-state index contributed by atoms with van der Waals surface area (Å²) >= 11 is 0. The molecule has 0 aliphatic carbocycles. The Bertz CT molecular complexity index is 1090. The van der Waals surface area contributed by atoms with Crippen LogP contribution in [0, 0.1) is 0 Å². The molecule has 1 aromatic carbocycles. The third-order valence-electron chi connectivity index (χ3n) is 3.54. The molecule has 0 atom stereocenters. The summed E-state index contributed by atoms with van der Waals surface area (Å²) in [6.45, 7) is 3.92. The highest BCUT2D eigenvalue weighted by Crippen LogP contribution is 2.30. The maximum Gasteiger partial charge on any atom is 0.249 e. The maximum atomic E-state index is 11.7. The molecule has 0 saturated heterocycles. The van der Waals surface area contributed by atoms with Gasteiger partial charge in [-0.25, -0.2) is 12.9 Å². The van der Waals surface area contributed by atoms with Crippen molar-refractivity contribution in [1.82, 2.24) is 14.6 Å². The van der Waals surface area contributed by atoms with Gasteiger partial charge in [0, 0.05) is 23.6 Å². The molecule has 0 radical (unpaired) electrons. The van der Waals surface area contributed by atoms with Crippen molar-refractivity contribution < 1.29 is 17.9 Å². The summed E-state index contributed by atoms with van der Waals surface area (Å²) in [7, 11) is -3.42. The van der Waals surface area contributed by atoms with Crippen molar-refractivity contribution in [2.75, 3.05) is 17.3 Å². The van der Waals surface area contributed by atoms with Gasteiger partial charge < -0.3 is 4.74 Å². The van der Waals surface area contributed by atoms with Crippen LogP contribution in [0.1, 0.15) is 13.8 Å². The molecule has 27 heavy (non-hydrogen) atoms. The number of carbonyl (C=O) groups is 1. The lowest BCUT2D eigenvalue weighted by Gasteiger charge is -2.14. The molecule has 2 heterocycles. The average Bonchev–Trinajstić information content (AvgIpc) is 2.94. The lowest BCUT2D eigenvalue weighted by molar-refractivity contribution is -0.113. The number of aromatic nitrogens is 3. The second-order valence-electron chi connectivity index (χ2n) is 6.44. The number of hydrogen-bond acceptors (Lipinski definition) is 6. The first-order chi connectivity index (χ1) is 12.7. The van der Waals surface area contributed by atoms with Crippen LogP contribution in [0.3, 0.4) is 0 Å². The van der Waals surface area contributed by atoms with E-state index in [1.807, 2.05) is 44.2 Å². The van der Waals surface area contributed by atoms with E-state index in [-0.39, 0.29) is 12.1 Å². The van der Waals surface area contributed by atoms with Gasteiger partial charge in [-0.1, -0.05) is 18.2 Å². The Morgan fingerprint density at radius 1 is 1.22 bits per heavy atom. The Morgan fingerprint density at radius 2 is 1.96 bits per heavy atom. The number of carbonyl (C=O) groups excluding carboxylic acids is 1. The number of fused-ring (bicyclic) bond motifs is 1. The van der Waals surface area contributed by atoms with E-state index in [1.54, 1.807) is 12.3 Å². The zero-order chi connectivity index (χ0) is 19.6. The summed E-state index contributed by atoms with van der Waals surface area (Å²) in [6.07, 6.45) is 2.81. The number of pyridine rings is 1. The molecule has 2 aromatic heterocycles. The lowest BCUT2D eigenvalue weighted by atomic mass is 10.1. The largest absolute Gasteiger partial charge is 0.490 e. The lowest BCUT2D eigenvalue weighted by Crippen LogP contribution is -2.22. The highest BCUT2D eigenvalue weighted by atomic mass is 32.2. The van der Waals surface area contributed by atoms with E-state index in [1.165, 1.54) is 4.52 Å². The minimum atomic E-state index is -3.42. The Labute approximate surface area is 157 Å². The van der Waals surface area contributed by atoms with Gasteiger partial charge >= 0.3 is 0 Å². The topological polar surface area (TPSA) is 103 Å². The van der Waals surface area contributed by atoms with Gasteiger partial charge in [0.15, 0.2) is 15.5 Å². The van der Waals surface area contributed by atoms with Crippen LogP contribution in [0.15, 0.2) is 42.6 Å². The van der Waals surface area contributed by atoms with E-state index in [2.05, 4.69) is 15.4 Å². The van der Waals surface area contributed by atoms with Crippen LogP contribution in [0.4, 0.5) is 5.95 Å². The van der Waals surface area contributed by atoms with Crippen LogP contribution in [-0.2, 0) is 14.6 Å². The van der Waals surface area contributed by atoms with Crippen LogP contribution in [0.5, 0.6) is 5.75 Å². The number of ether oxygens (including phenoxy) is 1. The average molecular weight is 388 g/mol. The summed E-state index contributed by atoms with van der Waals surface area (Å²) < 4.78 is 29.8. The summed E-state index contributed by atoms with van der Waals surface area (Å²) in [4.78, 5) is 15.9. The van der Waals surface area contributed by atoms with Crippen LogP contribution >= 0.6 is 0 Å². The van der Waals surface area contributed by atoms with Crippen LogP contribution < -0.4 is 10.1 Å². The molecule has 0 aliphatic heterocycles. The van der Waals surface area contributed by atoms with Crippen molar-refractivity contribution in [2.45, 2.75) is 20.0 Å². The fourth-order valence-electron chi connectivity index (χ4n) is 2.56. The summed E-state index contributed by atoms with van der Waals surface area (Å²) in [5.74, 6) is -0.487. The van der Waals surface area contributed by atoms with Gasteiger partial charge in [0.2, 0.25) is 11.9 Å². The number of benzene rings is 1. The standard InChI is InChI=1S/C18H20N4O4S/c1-12(2)26-15-7-5-4-6-14(15)13-8-9-16-19-18(21-22(16)10-13)20-17(23)11-27(3,24)25/h4-10,12H,11H2,1-3H3,(H,20,21,23). The molecular weight excluding hydrogens is 368 g/mol. The minimum absolute atomic E-state index is 0.0397. The molecule has 0 fully saturated rings. The summed E-state index contributed by atoms with van der Waals surface area (Å²) in [5.41, 5.74) is 2.31. The van der Waals surface area contributed by atoms with Gasteiger partial charge in [-0.3, -0.25) is 10.1 Å². The molecule has 3 aromatic rings. The van der Waals surface area contributed by atoms with Crippen LogP contribution in [0.2, 0.25) is 0 Å². The first-order valence-corrected chi connectivity index (χ1v) is 10.4. The van der Waals surface area contributed by atoms with Gasteiger partial charge in [-0.2, -0.15) is 4.98 Å². The molecule has 142 valence electrons. The van der Waals surface area contributed by atoms with Crippen molar-refractivity contribution in [2.24, 2.45) is 0 Å². The Morgan fingerprint density at radius 3 is 2.67 bits per heavy atom. The molecule has 3 rings (SSSR count). The van der Waals surface area contributed by atoms with Crippen molar-refractivity contribution in [3.8, 4) is 16.9 Å². The number of rotatable bonds is 6. The summed E-state index contributed by atoms with van der Waals surface area (Å²) in [5, 5.41) is 6.60. The van der Waals surface area contributed by atoms with E-state index >= 15 is 0 Å². The first-order valence-electron chi connectivity index (χ1n) is 8.31. The van der Waals surface area contributed by atoms with E-state index < -0.39 is 21.5 Å². The predicted octanol–water partition coefficient (Wildman–Crippen LogP) is 2.17. The molecule has 0 saturated carbocycles. The second kappa shape index (κ2) is 7.36. The number of hydrogen-bond donors (Lipinski definition) is 1. The maximum absolute atomic E-state index is 11.7. The van der Waals surface area contributed by atoms with Gasteiger partial charge in [0.1, 0.15) is 11.5 Å². The van der Waals surface area contributed by atoms with Crippen LogP contribution in [-0.4, -0.2) is 47.0 Å². The fraction of sp³-hybridized carbons (Fsp3) is 0.278. The number of nitrogens with one attached hydrogen (secondary N) is 1. The van der Waals surface area contributed by atoms with E-state index in [0.29, 0.717) is 5.65 Å². The van der Waals surface area contributed by atoms with Crippen molar-refractivity contribution in [1.29, 1.82) is 0 Å². The molecule has 0 spiro atoms. The molecule has 9 heteroatoms. The fourth-order valence-corrected chi connectivity index (χ4v) is 3.10. The van der Waals surface area contributed by atoms with Crippen molar-refractivity contribution >= 4 is 27.3 Å². The highest BCUT2D eigenvalue weighted by Gasteiger charge is 2.14. The molecular formula is C18H20N4O4S. The number of anilines is 1. The third-order valence-corrected chi connectivity index (χ3v) is 4.32. The molecule has 8 nitrogen and oxygen atoms in total. The van der Waals surface area contributed by atoms with Gasteiger partial charge in [-0.05, 0) is 32.0 Å². The zero-order valence-corrected chi connectivity index (χ0v) is 16.0. The molecule has 0 unspecified atom stereocenters. The van der Waals surface area contributed by atoms with Gasteiger partial charge in [0.05, 0.1) is 6.10 Å². The highest BCUT2D eigenvalue weighted by molar-refractivity contribution is 7.91. The molecule has 0 aliphatic rings. The smallest absolute Gasteiger partial charge is 0.249 e. The normalized spacial score (nSPS) is 11.7. The molecule has 1 N–H and O–H groups in total. The SMILES string of the molecule is CC(C)Oc1ccccc1-c1ccc2nc(NC(=O)CS(C)(=O)=O)nn2c1. The van der Waals surface area contributed by atoms with E-state index in [0.717, 1.165) is 23.1 Å². The van der Waals surface area contributed by atoms with Crippen molar-refractivity contribution in [3.05, 3.63) is 42.6 Å². The second-order valence-corrected chi connectivity index (χ2v) is 8.58. The third kappa shape index (κ3) is 4.82. The number of amides is 1. The minimum Gasteiger partial charge on any atom is -0.490 e. The quantitative estimate of drug-likeness (QED) is 0.694. The van der Waals surface area contributed by atoms with E-state index in [4.69, 9.17) is 4.74 Å². The number of nitrogens with zero attached hydrogens (tertiary/aromatic N) is 3. The number of para-hydroxylation sites is 1. The van der Waals surface area contributed by atoms with E-state index in [9.17, 15) is 13.2 Å². The predicted molar refractivity (Wildman–Crippen MR) is 103 cm³/mol. The first kappa shape index (κ1) is 18.8. The van der Waals surface area contributed by atoms with Gasteiger partial charge in [-0.15, -0.1) is 5.10 Å². The summed E-state index contributed by atoms with van der Waals surface area (Å²) in [6, 6.07) is 11.3. The Balaban J connectivity index is 1.90. The Kier molecular flexibility index (Phi) is 5.13. The Hall–Kier alpha value is -2.94. The van der Waals surface area contributed by atoms with Crippen LogP contribution in [0.25, 0.3) is 16.8 Å². The zero-order valence-electron chi connectivity index (χ0n) is 15.2. The molecule has 1 amide bonds. The van der Waals surface area contributed by atoms with Crippen molar-refractivity contribution in [3.63, 3.8) is 0 Å². The van der Waals surface area contributed by atoms with Gasteiger partial charge in [0.25, 0.3) is 0 Å². The monoisotopic (exact) mass is 388 g/mol. The molecule has 0 bridgehead atoms.